The molecule has 1 aromatic heterocycles. The number of carbonyl (C=O) groups is 1. The highest BCUT2D eigenvalue weighted by molar-refractivity contribution is 9.10. The van der Waals surface area contributed by atoms with Crippen LogP contribution in [0, 0.1) is 23.2 Å². The summed E-state index contributed by atoms with van der Waals surface area (Å²) in [6, 6.07) is 6.91. The first-order valence-corrected chi connectivity index (χ1v) is 11.5. The molecule has 5 rings (SSSR count). The maximum Gasteiger partial charge on any atom is 0.283 e. The minimum atomic E-state index is -0.335. The lowest BCUT2D eigenvalue weighted by Gasteiger charge is -2.62. The van der Waals surface area contributed by atoms with Crippen molar-refractivity contribution in [2.45, 2.75) is 52.7 Å². The fraction of sp³-hybridized carbons (Fsp3) is 0.522. The lowest BCUT2D eigenvalue weighted by atomic mass is 9.45. The molecule has 166 valence electrons. The Morgan fingerprint density at radius 2 is 2.00 bits per heavy atom. The Balaban J connectivity index is 1.38. The van der Waals surface area contributed by atoms with Crippen molar-refractivity contribution >= 4 is 27.5 Å². The third-order valence-corrected chi connectivity index (χ3v) is 8.17. The van der Waals surface area contributed by atoms with Gasteiger partial charge in [-0.2, -0.15) is 5.10 Å². The van der Waals surface area contributed by atoms with Crippen LogP contribution in [0.1, 0.15) is 39.2 Å². The molecule has 1 aromatic carbocycles. The summed E-state index contributed by atoms with van der Waals surface area (Å²) in [7, 11) is 0. The number of nitrogens with zero attached hydrogens (tertiary/aromatic N) is 2. The standard InChI is InChI=1S/C23H29BrN4O3/c1-13-17-8-15(23(17,2)3)9-18(13)27-19-11-26-28(22(31)21(19)24)12-20(30)25-10-14-4-6-16(29)7-5-14/h4-7,11,13,15,17-18,27,29H,8-10,12H2,1-3H3,(H,25,30)/t13-,15+,17-,18-/m1/s1. The number of fused-ring (bicyclic) bond motifs is 2. The molecule has 0 saturated heterocycles. The zero-order valence-corrected chi connectivity index (χ0v) is 19.6. The first-order valence-electron chi connectivity index (χ1n) is 10.7. The minimum Gasteiger partial charge on any atom is -0.508 e. The monoisotopic (exact) mass is 488 g/mol. The van der Waals surface area contributed by atoms with Gasteiger partial charge in [0, 0.05) is 12.6 Å². The molecule has 3 fully saturated rings. The molecule has 3 saturated carbocycles. The van der Waals surface area contributed by atoms with Crippen molar-refractivity contribution < 1.29 is 9.90 Å². The van der Waals surface area contributed by atoms with E-state index < -0.39 is 0 Å². The zero-order chi connectivity index (χ0) is 22.3. The van der Waals surface area contributed by atoms with Crippen molar-refractivity contribution in [1.82, 2.24) is 15.1 Å². The number of anilines is 1. The molecule has 2 aromatic rings. The van der Waals surface area contributed by atoms with Gasteiger partial charge in [-0.05, 0) is 69.6 Å². The fourth-order valence-electron chi connectivity index (χ4n) is 5.22. The predicted molar refractivity (Wildman–Crippen MR) is 123 cm³/mol. The van der Waals surface area contributed by atoms with Gasteiger partial charge in [0.15, 0.2) is 0 Å². The van der Waals surface area contributed by atoms with Crippen molar-refractivity contribution in [2.75, 3.05) is 5.32 Å². The van der Waals surface area contributed by atoms with E-state index >= 15 is 0 Å². The molecule has 0 spiro atoms. The van der Waals surface area contributed by atoms with E-state index in [0.29, 0.717) is 40.0 Å². The van der Waals surface area contributed by atoms with Gasteiger partial charge in [-0.25, -0.2) is 4.68 Å². The number of hydrogen-bond donors (Lipinski definition) is 3. The largest absolute Gasteiger partial charge is 0.508 e. The van der Waals surface area contributed by atoms with Gasteiger partial charge in [-0.15, -0.1) is 0 Å². The summed E-state index contributed by atoms with van der Waals surface area (Å²) >= 11 is 3.41. The molecule has 3 N–H and O–H groups in total. The van der Waals surface area contributed by atoms with Crippen molar-refractivity contribution in [3.8, 4) is 5.75 Å². The van der Waals surface area contributed by atoms with Crippen LogP contribution < -0.4 is 16.2 Å². The zero-order valence-electron chi connectivity index (χ0n) is 18.1. The molecule has 3 aliphatic carbocycles. The Morgan fingerprint density at radius 3 is 2.65 bits per heavy atom. The van der Waals surface area contributed by atoms with Gasteiger partial charge in [0.25, 0.3) is 5.56 Å². The van der Waals surface area contributed by atoms with Crippen LogP contribution in [0.15, 0.2) is 39.7 Å². The molecule has 3 aliphatic rings. The highest BCUT2D eigenvalue weighted by atomic mass is 79.9. The molecule has 1 heterocycles. The second-order valence-corrected chi connectivity index (χ2v) is 10.3. The third-order valence-electron chi connectivity index (χ3n) is 7.40. The lowest BCUT2D eigenvalue weighted by Crippen LogP contribution is -2.58. The normalized spacial score (nSPS) is 26.1. The molecule has 0 radical (unpaired) electrons. The van der Waals surface area contributed by atoms with Crippen molar-refractivity contribution in [1.29, 1.82) is 0 Å². The summed E-state index contributed by atoms with van der Waals surface area (Å²) in [5, 5.41) is 19.8. The van der Waals surface area contributed by atoms with E-state index in [-0.39, 0.29) is 23.8 Å². The number of rotatable bonds is 6. The number of halogens is 1. The first-order chi connectivity index (χ1) is 14.7. The summed E-state index contributed by atoms with van der Waals surface area (Å²) in [5.41, 5.74) is 1.61. The number of amides is 1. The van der Waals surface area contributed by atoms with Gasteiger partial charge in [0.2, 0.25) is 5.91 Å². The molecule has 8 heteroatoms. The number of benzene rings is 1. The number of phenols is 1. The van der Waals surface area contributed by atoms with E-state index in [9.17, 15) is 14.7 Å². The second kappa shape index (κ2) is 8.30. The molecule has 1 amide bonds. The quantitative estimate of drug-likeness (QED) is 0.577. The van der Waals surface area contributed by atoms with Crippen LogP contribution in [0.5, 0.6) is 5.75 Å². The van der Waals surface area contributed by atoms with Gasteiger partial charge in [0.1, 0.15) is 16.8 Å². The Kier molecular flexibility index (Phi) is 5.85. The van der Waals surface area contributed by atoms with Gasteiger partial charge in [-0.3, -0.25) is 9.59 Å². The number of aromatic hydroxyl groups is 1. The van der Waals surface area contributed by atoms with Crippen LogP contribution in [-0.2, 0) is 17.9 Å². The molecule has 0 aliphatic heterocycles. The Labute approximate surface area is 190 Å². The third kappa shape index (κ3) is 4.22. The van der Waals surface area contributed by atoms with Crippen molar-refractivity contribution in [2.24, 2.45) is 23.2 Å². The molecular weight excluding hydrogens is 460 g/mol. The summed E-state index contributed by atoms with van der Waals surface area (Å²) in [5.74, 6) is 1.81. The van der Waals surface area contributed by atoms with E-state index in [1.54, 1.807) is 30.5 Å². The Bertz CT molecular complexity index is 1030. The average Bonchev–Trinajstić information content (AvgIpc) is 2.74. The highest BCUT2D eigenvalue weighted by Gasteiger charge is 2.56. The predicted octanol–water partition coefficient (Wildman–Crippen LogP) is 3.51. The summed E-state index contributed by atoms with van der Waals surface area (Å²) in [4.78, 5) is 25.0. The maximum absolute atomic E-state index is 12.7. The van der Waals surface area contributed by atoms with Crippen LogP contribution in [0.4, 0.5) is 5.69 Å². The Morgan fingerprint density at radius 1 is 1.29 bits per heavy atom. The fourth-order valence-corrected chi connectivity index (χ4v) is 5.65. The van der Waals surface area contributed by atoms with Crippen LogP contribution >= 0.6 is 15.9 Å². The lowest BCUT2D eigenvalue weighted by molar-refractivity contribution is -0.122. The number of carbonyl (C=O) groups excluding carboxylic acids is 1. The van der Waals surface area contributed by atoms with Gasteiger partial charge in [-0.1, -0.05) is 32.9 Å². The first kappa shape index (κ1) is 21.9. The smallest absolute Gasteiger partial charge is 0.283 e. The number of hydrogen-bond acceptors (Lipinski definition) is 5. The maximum atomic E-state index is 12.7. The van der Waals surface area contributed by atoms with Crippen LogP contribution in [0.25, 0.3) is 0 Å². The van der Waals surface area contributed by atoms with E-state index in [1.165, 1.54) is 6.42 Å². The van der Waals surface area contributed by atoms with Gasteiger partial charge < -0.3 is 15.7 Å². The molecule has 31 heavy (non-hydrogen) atoms. The van der Waals surface area contributed by atoms with Gasteiger partial charge >= 0.3 is 0 Å². The summed E-state index contributed by atoms with van der Waals surface area (Å²) in [6.45, 7) is 7.18. The molecule has 0 unspecified atom stereocenters. The topological polar surface area (TPSA) is 96.2 Å². The number of aromatic nitrogens is 2. The molecule has 4 atom stereocenters. The van der Waals surface area contributed by atoms with E-state index in [1.807, 2.05) is 0 Å². The van der Waals surface area contributed by atoms with E-state index in [4.69, 9.17) is 0 Å². The average molecular weight is 489 g/mol. The summed E-state index contributed by atoms with van der Waals surface area (Å²) in [6.07, 6.45) is 4.02. The van der Waals surface area contributed by atoms with E-state index in [2.05, 4.69) is 52.4 Å². The highest BCUT2D eigenvalue weighted by Crippen LogP contribution is 2.61. The van der Waals surface area contributed by atoms with E-state index in [0.717, 1.165) is 22.6 Å². The SMILES string of the molecule is C[C@@H]1[C@H]2C[C@@H](C[C@H]1Nc1cnn(CC(=O)NCc3ccc(O)cc3)c(=O)c1Br)C2(C)C. The number of nitrogens with one attached hydrogen (secondary N) is 2. The number of phenolic OH excluding ortho intramolecular Hbond substituents is 1. The van der Waals surface area contributed by atoms with Gasteiger partial charge in [0.05, 0.1) is 11.9 Å². The van der Waals surface area contributed by atoms with Crippen molar-refractivity contribution in [3.05, 3.63) is 50.9 Å². The molecule has 7 nitrogen and oxygen atoms in total. The summed E-state index contributed by atoms with van der Waals surface area (Å²) < 4.78 is 1.56. The Hall–Kier alpha value is -2.35. The molecular formula is C23H29BrN4O3. The minimum absolute atomic E-state index is 0.159. The van der Waals surface area contributed by atoms with Crippen LogP contribution in [0.2, 0.25) is 0 Å². The molecule has 2 bridgehead atoms. The van der Waals surface area contributed by atoms with Crippen molar-refractivity contribution in [3.63, 3.8) is 0 Å². The van der Waals surface area contributed by atoms with Crippen LogP contribution in [0.3, 0.4) is 0 Å². The van der Waals surface area contributed by atoms with Crippen LogP contribution in [-0.4, -0.2) is 26.8 Å². The second-order valence-electron chi connectivity index (χ2n) is 9.48.